The third-order valence-electron chi connectivity index (χ3n) is 6.93. The topological polar surface area (TPSA) is 125 Å². The predicted molar refractivity (Wildman–Crippen MR) is 155 cm³/mol. The number of halogens is 3. The van der Waals surface area contributed by atoms with Gasteiger partial charge in [-0.05, 0) is 61.0 Å². The third kappa shape index (κ3) is 5.12. The summed E-state index contributed by atoms with van der Waals surface area (Å²) in [6, 6.07) is 16.2. The van der Waals surface area contributed by atoms with E-state index in [0.717, 1.165) is 12.1 Å². The fourth-order valence-corrected chi connectivity index (χ4v) is 4.91. The van der Waals surface area contributed by atoms with Crippen molar-refractivity contribution >= 4 is 27.8 Å². The van der Waals surface area contributed by atoms with E-state index in [1.807, 2.05) is 0 Å². The number of benzene rings is 3. The predicted octanol–water partition coefficient (Wildman–Crippen LogP) is 4.98. The number of anilines is 1. The minimum Gasteiger partial charge on any atom is -0.508 e. The standard InChI is InChI=1S/C31H22F3N7O2/c1-2-4-19-5-3-6-23-25(19)30(43)40(15-18-7-11-21(12-8-18)31(32,33)34)24(38-23)16-41-29-26(28(35)36-17-37-29)27(39-41)20-9-13-22(42)14-10-20/h3,5-14,17,42H,15-16H2,1H3,(H2,35,36,37). The Morgan fingerprint density at radius 3 is 2.40 bits per heavy atom. The molecule has 0 aliphatic rings. The number of fused-ring (bicyclic) bond motifs is 2. The van der Waals surface area contributed by atoms with Crippen molar-refractivity contribution in [1.82, 2.24) is 29.3 Å². The Bertz CT molecular complexity index is 2120. The Labute approximate surface area is 242 Å². The molecule has 0 aliphatic carbocycles. The van der Waals surface area contributed by atoms with Crippen LogP contribution in [-0.2, 0) is 19.3 Å². The summed E-state index contributed by atoms with van der Waals surface area (Å²) in [5.41, 5.74) is 7.92. The molecule has 0 fully saturated rings. The van der Waals surface area contributed by atoms with Gasteiger partial charge in [0.2, 0.25) is 0 Å². The fourth-order valence-electron chi connectivity index (χ4n) is 4.91. The number of aromatic nitrogens is 6. The van der Waals surface area contributed by atoms with E-state index in [-0.39, 0.29) is 30.5 Å². The Hall–Kier alpha value is -5.70. The van der Waals surface area contributed by atoms with Gasteiger partial charge in [-0.2, -0.15) is 18.3 Å². The van der Waals surface area contributed by atoms with E-state index in [1.54, 1.807) is 41.9 Å². The number of hydrogen-bond acceptors (Lipinski definition) is 7. The summed E-state index contributed by atoms with van der Waals surface area (Å²) < 4.78 is 42.5. The average molecular weight is 582 g/mol. The molecule has 3 N–H and O–H groups in total. The van der Waals surface area contributed by atoms with Crippen molar-refractivity contribution in [2.45, 2.75) is 26.2 Å². The molecule has 12 heteroatoms. The Balaban J connectivity index is 1.53. The van der Waals surface area contributed by atoms with E-state index < -0.39 is 17.3 Å². The summed E-state index contributed by atoms with van der Waals surface area (Å²) in [5, 5.41) is 15.3. The minimum atomic E-state index is -4.49. The van der Waals surface area contributed by atoms with E-state index in [2.05, 4.69) is 21.8 Å². The highest BCUT2D eigenvalue weighted by molar-refractivity contribution is 5.98. The van der Waals surface area contributed by atoms with Gasteiger partial charge in [-0.25, -0.2) is 19.6 Å². The molecule has 214 valence electrons. The van der Waals surface area contributed by atoms with Crippen LogP contribution in [0.15, 0.2) is 77.9 Å². The second-order valence-electron chi connectivity index (χ2n) is 9.70. The summed E-state index contributed by atoms with van der Waals surface area (Å²) in [6.45, 7) is 1.58. The van der Waals surface area contributed by atoms with Crippen molar-refractivity contribution in [3.05, 3.63) is 106 Å². The zero-order chi connectivity index (χ0) is 30.3. The van der Waals surface area contributed by atoms with Crippen molar-refractivity contribution in [2.24, 2.45) is 0 Å². The maximum absolute atomic E-state index is 14.0. The number of aromatic hydroxyl groups is 1. The van der Waals surface area contributed by atoms with Crippen LogP contribution in [-0.4, -0.2) is 34.4 Å². The average Bonchev–Trinajstić information content (AvgIpc) is 3.35. The molecule has 3 aromatic carbocycles. The molecule has 3 aromatic heterocycles. The fraction of sp³-hybridized carbons (Fsp3) is 0.129. The highest BCUT2D eigenvalue weighted by Gasteiger charge is 2.30. The summed E-state index contributed by atoms with van der Waals surface area (Å²) >= 11 is 0. The first-order valence-corrected chi connectivity index (χ1v) is 13.0. The first-order valence-electron chi connectivity index (χ1n) is 13.0. The molecule has 9 nitrogen and oxygen atoms in total. The molecule has 0 saturated carbocycles. The van der Waals surface area contributed by atoms with Gasteiger partial charge in [0.25, 0.3) is 5.56 Å². The molecule has 0 bridgehead atoms. The normalized spacial score (nSPS) is 11.5. The maximum Gasteiger partial charge on any atom is 0.416 e. The van der Waals surface area contributed by atoms with Gasteiger partial charge in [-0.3, -0.25) is 9.36 Å². The van der Waals surface area contributed by atoms with Gasteiger partial charge in [0.15, 0.2) is 5.65 Å². The summed E-state index contributed by atoms with van der Waals surface area (Å²) in [6.07, 6.45) is -3.19. The lowest BCUT2D eigenvalue weighted by atomic mass is 10.1. The van der Waals surface area contributed by atoms with E-state index in [9.17, 15) is 23.1 Å². The van der Waals surface area contributed by atoms with Gasteiger partial charge < -0.3 is 10.8 Å². The molecular weight excluding hydrogens is 559 g/mol. The second-order valence-corrected chi connectivity index (χ2v) is 9.70. The number of phenolic OH excluding ortho intramolecular Hbond substituents is 1. The van der Waals surface area contributed by atoms with Crippen molar-refractivity contribution in [3.8, 4) is 28.8 Å². The highest BCUT2D eigenvalue weighted by atomic mass is 19.4. The molecule has 6 rings (SSSR count). The van der Waals surface area contributed by atoms with Crippen LogP contribution < -0.4 is 11.3 Å². The number of nitrogen functional groups attached to an aromatic ring is 1. The van der Waals surface area contributed by atoms with Crippen molar-refractivity contribution in [3.63, 3.8) is 0 Å². The van der Waals surface area contributed by atoms with Crippen LogP contribution in [0.25, 0.3) is 33.2 Å². The van der Waals surface area contributed by atoms with E-state index in [1.165, 1.54) is 35.2 Å². The van der Waals surface area contributed by atoms with Gasteiger partial charge in [0, 0.05) is 11.1 Å². The van der Waals surface area contributed by atoms with E-state index >= 15 is 0 Å². The van der Waals surface area contributed by atoms with Crippen LogP contribution >= 0.6 is 0 Å². The van der Waals surface area contributed by atoms with Crippen molar-refractivity contribution in [2.75, 3.05) is 5.73 Å². The minimum absolute atomic E-state index is 0.0272. The van der Waals surface area contributed by atoms with Gasteiger partial charge in [-0.15, -0.1) is 5.92 Å². The molecule has 0 atom stereocenters. The molecule has 3 heterocycles. The number of nitrogens with two attached hydrogens (primary N) is 1. The number of rotatable bonds is 5. The zero-order valence-corrected chi connectivity index (χ0v) is 22.6. The highest BCUT2D eigenvalue weighted by Crippen LogP contribution is 2.32. The largest absolute Gasteiger partial charge is 0.508 e. The molecule has 43 heavy (non-hydrogen) atoms. The summed E-state index contributed by atoms with van der Waals surface area (Å²) in [7, 11) is 0. The van der Waals surface area contributed by atoms with Gasteiger partial charge >= 0.3 is 6.18 Å². The van der Waals surface area contributed by atoms with Gasteiger partial charge in [0.05, 0.1) is 28.4 Å². The van der Waals surface area contributed by atoms with Gasteiger partial charge in [-0.1, -0.05) is 24.1 Å². The van der Waals surface area contributed by atoms with Crippen LogP contribution in [0.1, 0.15) is 29.4 Å². The monoisotopic (exact) mass is 581 g/mol. The van der Waals surface area contributed by atoms with Crippen LogP contribution in [0.2, 0.25) is 0 Å². The lowest BCUT2D eigenvalue weighted by molar-refractivity contribution is -0.137. The SMILES string of the molecule is CC#Cc1cccc2nc(Cn3nc(-c4ccc(O)cc4)c4c(N)ncnc43)n(Cc3ccc(C(F)(F)F)cc3)c(=O)c12. The van der Waals surface area contributed by atoms with Gasteiger partial charge in [0.1, 0.15) is 36.0 Å². The molecule has 0 amide bonds. The van der Waals surface area contributed by atoms with Crippen LogP contribution in [0.3, 0.4) is 0 Å². The first kappa shape index (κ1) is 27.5. The smallest absolute Gasteiger partial charge is 0.416 e. The number of alkyl halides is 3. The first-order chi connectivity index (χ1) is 20.6. The Morgan fingerprint density at radius 1 is 0.953 bits per heavy atom. The zero-order valence-electron chi connectivity index (χ0n) is 22.6. The number of nitrogens with zero attached hydrogens (tertiary/aromatic N) is 6. The second kappa shape index (κ2) is 10.6. The summed E-state index contributed by atoms with van der Waals surface area (Å²) in [5.74, 6) is 6.30. The van der Waals surface area contributed by atoms with Crippen molar-refractivity contribution in [1.29, 1.82) is 0 Å². The van der Waals surface area contributed by atoms with E-state index in [0.29, 0.717) is 44.3 Å². The third-order valence-corrected chi connectivity index (χ3v) is 6.93. The van der Waals surface area contributed by atoms with Crippen molar-refractivity contribution < 1.29 is 18.3 Å². The lowest BCUT2D eigenvalue weighted by Crippen LogP contribution is -2.28. The molecule has 0 radical (unpaired) electrons. The van der Waals surface area contributed by atoms with Crippen LogP contribution in [0.5, 0.6) is 5.75 Å². The number of phenols is 1. The molecule has 0 saturated heterocycles. The number of hydrogen-bond donors (Lipinski definition) is 2. The molecular formula is C31H22F3N7O2. The van der Waals surface area contributed by atoms with Crippen LogP contribution in [0.4, 0.5) is 19.0 Å². The summed E-state index contributed by atoms with van der Waals surface area (Å²) in [4.78, 5) is 27.3. The molecule has 6 aromatic rings. The van der Waals surface area contributed by atoms with Crippen LogP contribution in [0, 0.1) is 11.8 Å². The quantitative estimate of drug-likeness (QED) is 0.275. The Kier molecular flexibility index (Phi) is 6.78. The van der Waals surface area contributed by atoms with E-state index in [4.69, 9.17) is 15.8 Å². The maximum atomic E-state index is 14.0. The Morgan fingerprint density at radius 2 is 1.70 bits per heavy atom. The lowest BCUT2D eigenvalue weighted by Gasteiger charge is -2.15. The molecule has 0 aliphatic heterocycles. The molecule has 0 spiro atoms. The molecule has 0 unspecified atom stereocenters.